The Labute approximate surface area is 201 Å². The molecule has 0 aliphatic heterocycles. The van der Waals surface area contributed by atoms with Crippen LogP contribution in [0.3, 0.4) is 0 Å². The van der Waals surface area contributed by atoms with Gasteiger partial charge in [-0.2, -0.15) is 0 Å². The number of aliphatic hydroxyl groups excluding tert-OH is 1. The molecule has 0 saturated carbocycles. The van der Waals surface area contributed by atoms with Gasteiger partial charge in [-0.05, 0) is 91.6 Å². The zero-order valence-corrected chi connectivity index (χ0v) is 21.6. The second kappa shape index (κ2) is 15.6. The molecule has 0 radical (unpaired) electrons. The zero-order chi connectivity index (χ0) is 24.8. The number of carbonyl (C=O) groups excluding carboxylic acids is 2. The molecular formula is C29H44O4. The maximum absolute atomic E-state index is 12.3. The van der Waals surface area contributed by atoms with Crippen molar-refractivity contribution in [3.63, 3.8) is 0 Å². The number of aliphatic hydroxyl groups is 1. The number of esters is 1. The van der Waals surface area contributed by atoms with Crippen LogP contribution in [0.4, 0.5) is 0 Å². The van der Waals surface area contributed by atoms with Gasteiger partial charge in [0.25, 0.3) is 0 Å². The molecule has 0 spiro atoms. The summed E-state index contributed by atoms with van der Waals surface area (Å²) in [5.74, 6) is -0.649. The summed E-state index contributed by atoms with van der Waals surface area (Å²) < 4.78 is 4.62. The van der Waals surface area contributed by atoms with Crippen LogP contribution in [0.2, 0.25) is 0 Å². The molecule has 4 nitrogen and oxygen atoms in total. The smallest absolute Gasteiger partial charge is 0.310 e. The van der Waals surface area contributed by atoms with Crippen molar-refractivity contribution in [3.8, 4) is 0 Å². The highest BCUT2D eigenvalue weighted by atomic mass is 16.5. The summed E-state index contributed by atoms with van der Waals surface area (Å²) in [7, 11) is 1.30. The first kappa shape index (κ1) is 28.8. The fourth-order valence-electron chi connectivity index (χ4n) is 3.87. The average molecular weight is 457 g/mol. The highest BCUT2D eigenvalue weighted by Crippen LogP contribution is 2.27. The van der Waals surface area contributed by atoms with Gasteiger partial charge in [0, 0.05) is 12.0 Å². The molecule has 0 aromatic carbocycles. The topological polar surface area (TPSA) is 63.6 Å². The Hall–Kier alpha value is -2.20. The van der Waals surface area contributed by atoms with Gasteiger partial charge in [0.05, 0.1) is 19.6 Å². The molecule has 1 aliphatic carbocycles. The number of carbonyl (C=O) groups is 2. The average Bonchev–Trinajstić information content (AvgIpc) is 2.74. The Kier molecular flexibility index (Phi) is 13.6. The van der Waals surface area contributed by atoms with E-state index in [1.807, 2.05) is 0 Å². The number of allylic oxidation sites excluding steroid dienone is 8. The van der Waals surface area contributed by atoms with Crippen molar-refractivity contribution >= 4 is 11.8 Å². The molecule has 184 valence electrons. The van der Waals surface area contributed by atoms with Crippen LogP contribution in [0.1, 0.15) is 92.4 Å². The minimum atomic E-state index is -0.702. The lowest BCUT2D eigenvalue weighted by Crippen LogP contribution is -2.28. The third kappa shape index (κ3) is 12.6. The number of hydrogen-bond donors (Lipinski definition) is 1. The normalized spacial score (nSPS) is 19.9. The molecule has 1 aliphatic rings. The van der Waals surface area contributed by atoms with Gasteiger partial charge >= 0.3 is 5.97 Å². The van der Waals surface area contributed by atoms with E-state index in [1.54, 1.807) is 0 Å². The molecular weight excluding hydrogens is 412 g/mol. The monoisotopic (exact) mass is 456 g/mol. The lowest BCUT2D eigenvalue weighted by Gasteiger charge is -2.25. The number of Topliss-reactive ketones (excluding diaryl/α,β-unsaturated/α-hetero) is 1. The molecule has 0 bridgehead atoms. The Morgan fingerprint density at radius 2 is 1.45 bits per heavy atom. The first-order chi connectivity index (χ1) is 15.6. The maximum atomic E-state index is 12.3. The number of rotatable bonds is 13. The Morgan fingerprint density at radius 3 is 1.97 bits per heavy atom. The quantitative estimate of drug-likeness (QED) is 0.240. The first-order valence-corrected chi connectivity index (χ1v) is 12.2. The molecule has 4 heteroatoms. The van der Waals surface area contributed by atoms with Crippen LogP contribution in [0, 0.1) is 5.92 Å². The second-order valence-electron chi connectivity index (χ2n) is 9.61. The Balaban J connectivity index is 2.40. The number of ketones is 1. The van der Waals surface area contributed by atoms with E-state index >= 15 is 0 Å². The van der Waals surface area contributed by atoms with Gasteiger partial charge in [0.2, 0.25) is 0 Å². The molecule has 0 aromatic heterocycles. The minimum absolute atomic E-state index is 0.0646. The summed E-state index contributed by atoms with van der Waals surface area (Å²) in [6.07, 6.45) is 17.3. The van der Waals surface area contributed by atoms with Gasteiger partial charge in [-0.3, -0.25) is 9.59 Å². The molecule has 33 heavy (non-hydrogen) atoms. The van der Waals surface area contributed by atoms with Crippen LogP contribution in [-0.4, -0.2) is 30.1 Å². The second-order valence-corrected chi connectivity index (χ2v) is 9.61. The predicted molar refractivity (Wildman–Crippen MR) is 137 cm³/mol. The standard InChI is InChI=1S/C29H44O4/c1-21(2)10-7-11-22(3)12-8-13-23(4)14-9-15-24(5)16-17-25-18-28(31)26(19-27(25)30)20-29(32)33-6/h10,12,14,16,19,25,27,30H,7-9,11,13,15,17-18,20H2,1-6H3/b22-12+,23-14+,24-16+/t25-,27+/m1/s1. The number of ether oxygens (including phenoxy) is 1. The zero-order valence-electron chi connectivity index (χ0n) is 21.6. The molecule has 0 unspecified atom stereocenters. The summed E-state index contributed by atoms with van der Waals surface area (Å²) in [5.41, 5.74) is 5.92. The van der Waals surface area contributed by atoms with Gasteiger partial charge < -0.3 is 9.84 Å². The van der Waals surface area contributed by atoms with E-state index < -0.39 is 12.1 Å². The van der Waals surface area contributed by atoms with Crippen molar-refractivity contribution in [2.75, 3.05) is 7.11 Å². The van der Waals surface area contributed by atoms with Crippen LogP contribution in [0.25, 0.3) is 0 Å². The third-order valence-electron chi connectivity index (χ3n) is 6.15. The Morgan fingerprint density at radius 1 is 0.939 bits per heavy atom. The summed E-state index contributed by atoms with van der Waals surface area (Å²) in [5, 5.41) is 10.4. The highest BCUT2D eigenvalue weighted by Gasteiger charge is 2.29. The number of methoxy groups -OCH3 is 1. The number of hydrogen-bond acceptors (Lipinski definition) is 4. The molecule has 2 atom stereocenters. The summed E-state index contributed by atoms with van der Waals surface area (Å²) in [6, 6.07) is 0. The van der Waals surface area contributed by atoms with E-state index in [4.69, 9.17) is 0 Å². The molecule has 1 rings (SSSR count). The van der Waals surface area contributed by atoms with Crippen LogP contribution in [0.15, 0.2) is 58.2 Å². The van der Waals surface area contributed by atoms with Crippen molar-refractivity contribution in [2.24, 2.45) is 5.92 Å². The van der Waals surface area contributed by atoms with Gasteiger partial charge in [-0.15, -0.1) is 0 Å². The van der Waals surface area contributed by atoms with Crippen LogP contribution < -0.4 is 0 Å². The van der Waals surface area contributed by atoms with E-state index in [2.05, 4.69) is 63.7 Å². The lowest BCUT2D eigenvalue weighted by atomic mass is 9.83. The van der Waals surface area contributed by atoms with E-state index in [0.717, 1.165) is 38.5 Å². The predicted octanol–water partition coefficient (Wildman–Crippen LogP) is 6.96. The van der Waals surface area contributed by atoms with Gasteiger partial charge in [0.1, 0.15) is 0 Å². The van der Waals surface area contributed by atoms with Crippen molar-refractivity contribution in [2.45, 2.75) is 98.5 Å². The molecule has 0 fully saturated rings. The van der Waals surface area contributed by atoms with Crippen LogP contribution in [-0.2, 0) is 14.3 Å². The van der Waals surface area contributed by atoms with E-state index in [9.17, 15) is 14.7 Å². The SMILES string of the molecule is COC(=O)CC1=C[C@H](O)[C@H](C/C=C(\C)CC/C=C(\C)CC/C=C(\C)CCC=C(C)C)CC1=O. The maximum Gasteiger partial charge on any atom is 0.310 e. The minimum Gasteiger partial charge on any atom is -0.469 e. The van der Waals surface area contributed by atoms with Crippen molar-refractivity contribution < 1.29 is 19.4 Å². The highest BCUT2D eigenvalue weighted by molar-refractivity contribution is 6.00. The fourth-order valence-corrected chi connectivity index (χ4v) is 3.87. The Bertz CT molecular complexity index is 803. The lowest BCUT2D eigenvalue weighted by molar-refractivity contribution is -0.140. The van der Waals surface area contributed by atoms with Crippen LogP contribution >= 0.6 is 0 Å². The van der Waals surface area contributed by atoms with Gasteiger partial charge in [-0.25, -0.2) is 0 Å². The summed E-state index contributed by atoms with van der Waals surface area (Å²) >= 11 is 0. The van der Waals surface area contributed by atoms with Gasteiger partial charge in [-0.1, -0.05) is 46.6 Å². The molecule has 0 saturated heterocycles. The van der Waals surface area contributed by atoms with Gasteiger partial charge in [0.15, 0.2) is 5.78 Å². The first-order valence-electron chi connectivity index (χ1n) is 12.2. The molecule has 1 N–H and O–H groups in total. The largest absolute Gasteiger partial charge is 0.469 e. The van der Waals surface area contributed by atoms with Crippen LogP contribution in [0.5, 0.6) is 0 Å². The summed E-state index contributed by atoms with van der Waals surface area (Å²) in [6.45, 7) is 10.8. The molecule has 0 aromatic rings. The molecule has 0 amide bonds. The fraction of sp³-hybridized carbons (Fsp3) is 0.586. The van der Waals surface area contributed by atoms with Crippen molar-refractivity contribution in [1.29, 1.82) is 0 Å². The third-order valence-corrected chi connectivity index (χ3v) is 6.15. The van der Waals surface area contributed by atoms with E-state index in [-0.39, 0.29) is 24.5 Å². The van der Waals surface area contributed by atoms with Crippen molar-refractivity contribution in [1.82, 2.24) is 0 Å². The summed E-state index contributed by atoms with van der Waals surface area (Å²) in [4.78, 5) is 23.7. The molecule has 0 heterocycles. The van der Waals surface area contributed by atoms with E-state index in [0.29, 0.717) is 12.0 Å². The van der Waals surface area contributed by atoms with Crippen molar-refractivity contribution in [3.05, 3.63) is 58.2 Å². The van der Waals surface area contributed by atoms with E-state index in [1.165, 1.54) is 35.5 Å².